The van der Waals surface area contributed by atoms with E-state index in [1.165, 1.54) is 0 Å². The summed E-state index contributed by atoms with van der Waals surface area (Å²) in [7, 11) is -6.63. The molecule has 0 amide bonds. The SMILES string of the molecule is O=C1C(P(=O)(c2ccccc2)c2ccccc2)CCCC1P(=O)(c1ccccc1)c1ccccc1. The van der Waals surface area contributed by atoms with Crippen molar-refractivity contribution < 1.29 is 13.9 Å². The summed E-state index contributed by atoms with van der Waals surface area (Å²) >= 11 is 0. The highest BCUT2D eigenvalue weighted by molar-refractivity contribution is 7.82. The fraction of sp³-hybridized carbons (Fsp3) is 0.167. The van der Waals surface area contributed by atoms with Crippen molar-refractivity contribution in [3.8, 4) is 0 Å². The largest absolute Gasteiger partial charge is 0.313 e. The summed E-state index contributed by atoms with van der Waals surface area (Å²) in [6.45, 7) is 0. The average Bonchev–Trinajstić information content (AvgIpc) is 2.94. The van der Waals surface area contributed by atoms with Crippen molar-refractivity contribution in [2.24, 2.45) is 0 Å². The molecule has 1 aliphatic carbocycles. The zero-order chi connectivity index (χ0) is 24.3. The van der Waals surface area contributed by atoms with Crippen molar-refractivity contribution in [3.05, 3.63) is 121 Å². The van der Waals surface area contributed by atoms with Gasteiger partial charge in [-0.3, -0.25) is 4.79 Å². The highest BCUT2D eigenvalue weighted by Gasteiger charge is 2.51. The van der Waals surface area contributed by atoms with Gasteiger partial charge in [0.1, 0.15) is 0 Å². The topological polar surface area (TPSA) is 51.2 Å². The summed E-state index contributed by atoms with van der Waals surface area (Å²) in [6.07, 6.45) is 1.76. The predicted octanol–water partition coefficient (Wildman–Crippen LogP) is 5.50. The zero-order valence-electron chi connectivity index (χ0n) is 19.4. The first kappa shape index (κ1) is 23.7. The number of hydrogen-bond acceptors (Lipinski definition) is 3. The van der Waals surface area contributed by atoms with Gasteiger partial charge in [0.2, 0.25) is 0 Å². The number of Topliss-reactive ketones (excluding diaryl/α,β-unsaturated/α-hetero) is 1. The van der Waals surface area contributed by atoms with Gasteiger partial charge >= 0.3 is 0 Å². The quantitative estimate of drug-likeness (QED) is 0.330. The van der Waals surface area contributed by atoms with Crippen LogP contribution in [0, 0.1) is 0 Å². The molecule has 5 rings (SSSR count). The van der Waals surface area contributed by atoms with E-state index in [4.69, 9.17) is 0 Å². The standard InChI is InChI=1S/C30H28O3P2/c31-30-28(34(32,24-14-5-1-6-15-24)25-16-7-2-8-17-25)22-13-23-29(30)35(33,26-18-9-3-10-19-26)27-20-11-4-12-21-27/h1-12,14-21,28-29H,13,22-23H2. The van der Waals surface area contributed by atoms with Crippen molar-refractivity contribution >= 4 is 41.3 Å². The van der Waals surface area contributed by atoms with E-state index in [1.54, 1.807) is 0 Å². The Balaban J connectivity index is 1.66. The molecule has 35 heavy (non-hydrogen) atoms. The smallest absolute Gasteiger partial charge is 0.154 e. The molecule has 0 spiro atoms. The maximum Gasteiger partial charge on any atom is 0.154 e. The molecule has 3 nitrogen and oxygen atoms in total. The maximum atomic E-state index is 15.0. The molecule has 0 aromatic heterocycles. The molecule has 0 N–H and O–H groups in total. The maximum absolute atomic E-state index is 15.0. The van der Waals surface area contributed by atoms with Crippen LogP contribution in [0.4, 0.5) is 0 Å². The monoisotopic (exact) mass is 498 g/mol. The summed E-state index contributed by atoms with van der Waals surface area (Å²) in [5, 5.41) is 2.72. The first-order valence-corrected chi connectivity index (χ1v) is 15.6. The molecule has 176 valence electrons. The van der Waals surface area contributed by atoms with Crippen LogP contribution in [0.25, 0.3) is 0 Å². The zero-order valence-corrected chi connectivity index (χ0v) is 21.2. The fourth-order valence-electron chi connectivity index (χ4n) is 5.35. The second-order valence-corrected chi connectivity index (χ2v) is 15.0. The van der Waals surface area contributed by atoms with Crippen LogP contribution in [0.3, 0.4) is 0 Å². The minimum atomic E-state index is -3.32. The van der Waals surface area contributed by atoms with Gasteiger partial charge in [-0.15, -0.1) is 0 Å². The molecule has 0 saturated heterocycles. The van der Waals surface area contributed by atoms with Crippen molar-refractivity contribution in [3.63, 3.8) is 0 Å². The molecular formula is C30H28O3P2. The second-order valence-electron chi connectivity index (χ2n) is 9.02. The van der Waals surface area contributed by atoms with Crippen molar-refractivity contribution in [2.45, 2.75) is 30.6 Å². The molecule has 4 aromatic carbocycles. The van der Waals surface area contributed by atoms with E-state index in [1.807, 2.05) is 121 Å². The van der Waals surface area contributed by atoms with Crippen molar-refractivity contribution in [2.75, 3.05) is 0 Å². The average molecular weight is 498 g/mol. The summed E-state index contributed by atoms with van der Waals surface area (Å²) in [6, 6.07) is 37.4. The molecule has 2 atom stereocenters. The van der Waals surface area contributed by atoms with Gasteiger partial charge in [0.15, 0.2) is 20.1 Å². The molecule has 1 aliphatic rings. The van der Waals surface area contributed by atoms with Gasteiger partial charge in [0.05, 0.1) is 11.3 Å². The van der Waals surface area contributed by atoms with E-state index in [-0.39, 0.29) is 5.78 Å². The van der Waals surface area contributed by atoms with Crippen LogP contribution < -0.4 is 21.2 Å². The van der Waals surface area contributed by atoms with Crippen LogP contribution in [0.15, 0.2) is 121 Å². The van der Waals surface area contributed by atoms with Crippen molar-refractivity contribution in [1.82, 2.24) is 0 Å². The number of hydrogen-bond donors (Lipinski definition) is 0. The number of carbonyl (C=O) groups is 1. The first-order valence-electron chi connectivity index (χ1n) is 12.0. The predicted molar refractivity (Wildman–Crippen MR) is 146 cm³/mol. The number of rotatable bonds is 6. The molecule has 1 fully saturated rings. The van der Waals surface area contributed by atoms with Crippen molar-refractivity contribution in [1.29, 1.82) is 0 Å². The minimum absolute atomic E-state index is 0.136. The third-order valence-electron chi connectivity index (χ3n) is 7.05. The molecule has 0 heterocycles. The molecule has 4 aromatic rings. The summed E-state index contributed by atoms with van der Waals surface area (Å²) in [4.78, 5) is 14.4. The van der Waals surface area contributed by atoms with E-state index in [0.29, 0.717) is 40.5 Å². The lowest BCUT2D eigenvalue weighted by molar-refractivity contribution is -0.119. The molecule has 0 bridgehead atoms. The highest BCUT2D eigenvalue weighted by Crippen LogP contribution is 2.59. The van der Waals surface area contributed by atoms with E-state index >= 15 is 9.13 Å². The minimum Gasteiger partial charge on any atom is -0.313 e. The van der Waals surface area contributed by atoms with Gasteiger partial charge < -0.3 is 9.13 Å². The molecule has 5 heteroatoms. The molecule has 0 radical (unpaired) electrons. The summed E-state index contributed by atoms with van der Waals surface area (Å²) in [5.41, 5.74) is -1.40. The van der Waals surface area contributed by atoms with Crippen LogP contribution in [-0.2, 0) is 13.9 Å². The van der Waals surface area contributed by atoms with Crippen LogP contribution >= 0.6 is 14.3 Å². The Kier molecular flexibility index (Phi) is 6.74. The van der Waals surface area contributed by atoms with Gasteiger partial charge in [-0.2, -0.15) is 0 Å². The van der Waals surface area contributed by atoms with Crippen LogP contribution in [0.1, 0.15) is 19.3 Å². The number of benzene rings is 4. The number of ketones is 1. The Morgan fingerprint density at radius 1 is 0.457 bits per heavy atom. The second kappa shape index (κ2) is 9.94. The van der Waals surface area contributed by atoms with E-state index in [2.05, 4.69) is 0 Å². The van der Waals surface area contributed by atoms with Crippen LogP contribution in [-0.4, -0.2) is 17.1 Å². The Morgan fingerprint density at radius 3 is 0.971 bits per heavy atom. The van der Waals surface area contributed by atoms with Gasteiger partial charge in [-0.25, -0.2) is 0 Å². The van der Waals surface area contributed by atoms with E-state index in [9.17, 15) is 4.79 Å². The summed E-state index contributed by atoms with van der Waals surface area (Å²) in [5.74, 6) is -0.136. The Morgan fingerprint density at radius 2 is 0.714 bits per heavy atom. The summed E-state index contributed by atoms with van der Waals surface area (Å²) < 4.78 is 30.0. The number of carbonyl (C=O) groups excluding carboxylic acids is 1. The fourth-order valence-corrected chi connectivity index (χ4v) is 12.1. The normalized spacial score (nSPS) is 18.8. The van der Waals surface area contributed by atoms with Gasteiger partial charge in [0, 0.05) is 21.2 Å². The third kappa shape index (κ3) is 4.18. The van der Waals surface area contributed by atoms with Gasteiger partial charge in [0.25, 0.3) is 0 Å². The van der Waals surface area contributed by atoms with Gasteiger partial charge in [-0.05, 0) is 12.8 Å². The molecule has 1 saturated carbocycles. The first-order chi connectivity index (χ1) is 17.1. The van der Waals surface area contributed by atoms with Gasteiger partial charge in [-0.1, -0.05) is 128 Å². The lowest BCUT2D eigenvalue weighted by Gasteiger charge is -2.37. The Bertz CT molecular complexity index is 1190. The van der Waals surface area contributed by atoms with E-state index < -0.39 is 25.6 Å². The van der Waals surface area contributed by atoms with Crippen LogP contribution in [0.5, 0.6) is 0 Å². The van der Waals surface area contributed by atoms with E-state index in [0.717, 1.165) is 0 Å². The third-order valence-corrected chi connectivity index (χ3v) is 14.1. The Labute approximate surface area is 207 Å². The molecule has 2 unspecified atom stereocenters. The molecule has 0 aliphatic heterocycles. The Hall–Kier alpha value is -2.99. The highest BCUT2D eigenvalue weighted by atomic mass is 31.2. The molecular weight excluding hydrogens is 470 g/mol. The van der Waals surface area contributed by atoms with Crippen LogP contribution in [0.2, 0.25) is 0 Å². The lowest BCUT2D eigenvalue weighted by Crippen LogP contribution is -2.43. The lowest BCUT2D eigenvalue weighted by atomic mass is 9.98.